The standard InChI is InChI=1S/C11H21NO2/c1-2-12-9-5-3-4-6-10(12)7-8-11(13)14/h10H,2-9H2,1H3,(H,13,14). The summed E-state index contributed by atoms with van der Waals surface area (Å²) in [5, 5.41) is 8.65. The second kappa shape index (κ2) is 6.02. The van der Waals surface area contributed by atoms with Gasteiger partial charge in [0.15, 0.2) is 0 Å². The van der Waals surface area contributed by atoms with E-state index in [1.54, 1.807) is 0 Å². The number of carboxylic acid groups (broad SMARTS) is 1. The van der Waals surface area contributed by atoms with Gasteiger partial charge in [0.1, 0.15) is 0 Å². The van der Waals surface area contributed by atoms with Crippen molar-refractivity contribution >= 4 is 5.97 Å². The largest absolute Gasteiger partial charge is 0.481 e. The predicted molar refractivity (Wildman–Crippen MR) is 56.4 cm³/mol. The van der Waals surface area contributed by atoms with E-state index in [0.29, 0.717) is 12.5 Å². The van der Waals surface area contributed by atoms with Gasteiger partial charge in [-0.2, -0.15) is 0 Å². The van der Waals surface area contributed by atoms with Crippen LogP contribution in [0, 0.1) is 0 Å². The molecule has 1 fully saturated rings. The zero-order valence-corrected chi connectivity index (χ0v) is 9.04. The summed E-state index contributed by atoms with van der Waals surface area (Å²) in [5.74, 6) is -0.662. The molecule has 0 radical (unpaired) electrons. The lowest BCUT2D eigenvalue weighted by atomic mass is 10.0. The minimum Gasteiger partial charge on any atom is -0.481 e. The maximum absolute atomic E-state index is 10.5. The summed E-state index contributed by atoms with van der Waals surface area (Å²) in [7, 11) is 0. The molecule has 3 nitrogen and oxygen atoms in total. The fourth-order valence-corrected chi connectivity index (χ4v) is 2.27. The molecule has 14 heavy (non-hydrogen) atoms. The molecule has 3 heteroatoms. The van der Waals surface area contributed by atoms with E-state index in [-0.39, 0.29) is 0 Å². The van der Waals surface area contributed by atoms with Gasteiger partial charge in [-0.05, 0) is 32.4 Å². The molecule has 0 bridgehead atoms. The normalized spacial score (nSPS) is 24.5. The molecule has 82 valence electrons. The highest BCUT2D eigenvalue weighted by atomic mass is 16.4. The van der Waals surface area contributed by atoms with Crippen LogP contribution in [0.15, 0.2) is 0 Å². The molecule has 1 atom stereocenters. The number of rotatable bonds is 4. The first kappa shape index (κ1) is 11.5. The number of nitrogens with zero attached hydrogens (tertiary/aromatic N) is 1. The van der Waals surface area contributed by atoms with Gasteiger partial charge in [0, 0.05) is 12.5 Å². The number of aliphatic carboxylic acids is 1. The van der Waals surface area contributed by atoms with Gasteiger partial charge in [-0.3, -0.25) is 4.79 Å². The molecule has 0 saturated carbocycles. The molecule has 0 amide bonds. The summed E-state index contributed by atoms with van der Waals surface area (Å²) in [6.45, 7) is 4.38. The molecular weight excluding hydrogens is 178 g/mol. The molecule has 0 spiro atoms. The average molecular weight is 199 g/mol. The third kappa shape index (κ3) is 3.66. The molecule has 1 aliphatic heterocycles. The molecule has 0 aromatic carbocycles. The highest BCUT2D eigenvalue weighted by Crippen LogP contribution is 2.19. The maximum Gasteiger partial charge on any atom is 0.303 e. The third-order valence-electron chi connectivity index (χ3n) is 3.10. The minimum atomic E-state index is -0.662. The molecular formula is C11H21NO2. The number of carboxylic acids is 1. The quantitative estimate of drug-likeness (QED) is 0.754. The van der Waals surface area contributed by atoms with E-state index >= 15 is 0 Å². The van der Waals surface area contributed by atoms with Crippen molar-refractivity contribution in [1.29, 1.82) is 0 Å². The van der Waals surface area contributed by atoms with E-state index < -0.39 is 5.97 Å². The zero-order chi connectivity index (χ0) is 10.4. The summed E-state index contributed by atoms with van der Waals surface area (Å²) in [6, 6.07) is 0.513. The van der Waals surface area contributed by atoms with E-state index in [1.807, 2.05) is 0 Å². The van der Waals surface area contributed by atoms with Gasteiger partial charge in [0.05, 0.1) is 0 Å². The van der Waals surface area contributed by atoms with Crippen molar-refractivity contribution in [2.75, 3.05) is 13.1 Å². The van der Waals surface area contributed by atoms with Gasteiger partial charge in [-0.15, -0.1) is 0 Å². The summed E-state index contributed by atoms with van der Waals surface area (Å²) in [6.07, 6.45) is 6.17. The van der Waals surface area contributed by atoms with E-state index in [9.17, 15) is 4.79 Å². The summed E-state index contributed by atoms with van der Waals surface area (Å²) in [4.78, 5) is 12.9. The second-order valence-corrected chi connectivity index (χ2v) is 4.06. The molecule has 0 aromatic rings. The highest BCUT2D eigenvalue weighted by molar-refractivity contribution is 5.66. The van der Waals surface area contributed by atoms with Gasteiger partial charge in [-0.25, -0.2) is 0 Å². The lowest BCUT2D eigenvalue weighted by Gasteiger charge is -2.28. The minimum absolute atomic E-state index is 0.321. The second-order valence-electron chi connectivity index (χ2n) is 4.06. The van der Waals surface area contributed by atoms with Gasteiger partial charge in [0.25, 0.3) is 0 Å². The number of carbonyl (C=O) groups is 1. The first-order valence-electron chi connectivity index (χ1n) is 5.70. The fourth-order valence-electron chi connectivity index (χ4n) is 2.27. The van der Waals surface area contributed by atoms with E-state index in [1.165, 1.54) is 25.7 Å². The Morgan fingerprint density at radius 1 is 1.43 bits per heavy atom. The molecule has 1 aliphatic rings. The Hall–Kier alpha value is -0.570. The number of hydrogen-bond acceptors (Lipinski definition) is 2. The topological polar surface area (TPSA) is 40.5 Å². The van der Waals surface area contributed by atoms with Gasteiger partial charge in [-0.1, -0.05) is 19.8 Å². The van der Waals surface area contributed by atoms with Crippen molar-refractivity contribution in [1.82, 2.24) is 4.90 Å². The molecule has 1 unspecified atom stereocenters. The summed E-state index contributed by atoms with van der Waals surface area (Å²) >= 11 is 0. The van der Waals surface area contributed by atoms with E-state index in [0.717, 1.165) is 19.5 Å². The smallest absolute Gasteiger partial charge is 0.303 e. The van der Waals surface area contributed by atoms with Crippen LogP contribution >= 0.6 is 0 Å². The van der Waals surface area contributed by atoms with Crippen molar-refractivity contribution in [2.24, 2.45) is 0 Å². The lowest BCUT2D eigenvalue weighted by Crippen LogP contribution is -2.35. The first-order valence-corrected chi connectivity index (χ1v) is 5.70. The van der Waals surface area contributed by atoms with Crippen molar-refractivity contribution in [3.63, 3.8) is 0 Å². The van der Waals surface area contributed by atoms with Crippen LogP contribution < -0.4 is 0 Å². The van der Waals surface area contributed by atoms with Crippen LogP contribution in [0.4, 0.5) is 0 Å². The Balaban J connectivity index is 2.39. The maximum atomic E-state index is 10.5. The van der Waals surface area contributed by atoms with Crippen LogP contribution in [-0.2, 0) is 4.79 Å². The molecule has 1 saturated heterocycles. The average Bonchev–Trinajstić information content (AvgIpc) is 2.38. The van der Waals surface area contributed by atoms with Crippen molar-refractivity contribution in [3.8, 4) is 0 Å². The molecule has 1 heterocycles. The van der Waals surface area contributed by atoms with Gasteiger partial charge < -0.3 is 10.0 Å². The van der Waals surface area contributed by atoms with E-state index in [2.05, 4.69) is 11.8 Å². The van der Waals surface area contributed by atoms with Gasteiger partial charge in [0.2, 0.25) is 0 Å². The summed E-state index contributed by atoms with van der Waals surface area (Å²) < 4.78 is 0. The number of hydrogen-bond donors (Lipinski definition) is 1. The van der Waals surface area contributed by atoms with Crippen molar-refractivity contribution < 1.29 is 9.90 Å². The zero-order valence-electron chi connectivity index (χ0n) is 9.04. The van der Waals surface area contributed by atoms with Crippen LogP contribution in [0.25, 0.3) is 0 Å². The Labute approximate surface area is 86.1 Å². The molecule has 1 rings (SSSR count). The van der Waals surface area contributed by atoms with Crippen LogP contribution in [0.5, 0.6) is 0 Å². The summed E-state index contributed by atoms with van der Waals surface area (Å²) in [5.41, 5.74) is 0. The van der Waals surface area contributed by atoms with Crippen LogP contribution in [-0.4, -0.2) is 35.1 Å². The van der Waals surface area contributed by atoms with Crippen LogP contribution in [0.1, 0.15) is 45.4 Å². The first-order chi connectivity index (χ1) is 6.74. The lowest BCUT2D eigenvalue weighted by molar-refractivity contribution is -0.137. The third-order valence-corrected chi connectivity index (χ3v) is 3.10. The van der Waals surface area contributed by atoms with Crippen molar-refractivity contribution in [2.45, 2.75) is 51.5 Å². The molecule has 0 aromatic heterocycles. The van der Waals surface area contributed by atoms with Crippen molar-refractivity contribution in [3.05, 3.63) is 0 Å². The highest BCUT2D eigenvalue weighted by Gasteiger charge is 2.19. The fraction of sp³-hybridized carbons (Fsp3) is 0.909. The SMILES string of the molecule is CCN1CCCCCC1CCC(=O)O. The molecule has 1 N–H and O–H groups in total. The van der Waals surface area contributed by atoms with Crippen LogP contribution in [0.2, 0.25) is 0 Å². The Morgan fingerprint density at radius 2 is 2.21 bits per heavy atom. The predicted octanol–water partition coefficient (Wildman–Crippen LogP) is 2.12. The van der Waals surface area contributed by atoms with E-state index in [4.69, 9.17) is 5.11 Å². The number of likely N-dealkylation sites (tertiary alicyclic amines) is 1. The Bertz CT molecular complexity index is 182. The van der Waals surface area contributed by atoms with Crippen LogP contribution in [0.3, 0.4) is 0 Å². The Kier molecular flexibility index (Phi) is 4.94. The monoisotopic (exact) mass is 199 g/mol. The molecule has 0 aliphatic carbocycles. The van der Waals surface area contributed by atoms with Gasteiger partial charge >= 0.3 is 5.97 Å². The Morgan fingerprint density at radius 3 is 2.86 bits per heavy atom.